The van der Waals surface area contributed by atoms with Gasteiger partial charge in [-0.05, 0) is 64.5 Å². The van der Waals surface area contributed by atoms with Gasteiger partial charge in [-0.1, -0.05) is 36.2 Å². The van der Waals surface area contributed by atoms with Crippen LogP contribution in [0.15, 0.2) is 40.9 Å². The van der Waals surface area contributed by atoms with E-state index in [0.29, 0.717) is 11.8 Å². The van der Waals surface area contributed by atoms with Gasteiger partial charge in [-0.25, -0.2) is 4.39 Å². The molecule has 2 nitrogen and oxygen atoms in total. The molecule has 198 valence electrons. The van der Waals surface area contributed by atoms with Crippen molar-refractivity contribution in [1.82, 2.24) is 5.32 Å². The zero-order valence-corrected chi connectivity index (χ0v) is 22.5. The van der Waals surface area contributed by atoms with Crippen LogP contribution in [0.1, 0.15) is 46.8 Å². The molecular weight excluding hydrogens is 622 g/mol. The molecule has 36 heavy (non-hydrogen) atoms. The fraction of sp³-hybridized carbons (Fsp3) is 0.348. The van der Waals surface area contributed by atoms with E-state index in [1.807, 2.05) is 6.92 Å². The van der Waals surface area contributed by atoms with E-state index in [1.165, 1.54) is 11.8 Å². The molecule has 1 N–H and O–H groups in total. The van der Waals surface area contributed by atoms with Gasteiger partial charge >= 0.3 is 12.4 Å². The van der Waals surface area contributed by atoms with Crippen molar-refractivity contribution in [3.8, 4) is 0 Å². The standard InChI is InChI=1S/C23H19BrCl2F7NOS/c1-3-36-10-11(2)34-21(35)14-5-4-12(6-16(14)23(31,32)33)19(27)9-15(22(28,29)30)13-7-17(25)20(24)18(26)8-13/h4-9,11,15H,3,10H2,1-2H3,(H,34,35)/b19-9-/t11-,15?/m1/s1. The zero-order chi connectivity index (χ0) is 27.4. The Labute approximate surface area is 225 Å². The number of carbonyl (C=O) groups is 1. The minimum absolute atomic E-state index is 0.131. The molecule has 0 saturated carbocycles. The summed E-state index contributed by atoms with van der Waals surface area (Å²) >= 11 is 16.2. The molecule has 13 heteroatoms. The second-order valence-corrected chi connectivity index (χ2v) is 10.6. The number of benzene rings is 2. The molecule has 0 fully saturated rings. The van der Waals surface area contributed by atoms with Crippen LogP contribution in [-0.4, -0.2) is 29.6 Å². The Hall–Kier alpha value is -1.43. The normalized spacial score (nSPS) is 14.5. The average molecular weight is 641 g/mol. The van der Waals surface area contributed by atoms with Crippen LogP contribution in [0.3, 0.4) is 0 Å². The molecule has 1 unspecified atom stereocenters. The molecule has 0 aliphatic carbocycles. The Morgan fingerprint density at radius 2 is 1.69 bits per heavy atom. The van der Waals surface area contributed by atoms with E-state index in [1.54, 1.807) is 6.92 Å². The summed E-state index contributed by atoms with van der Waals surface area (Å²) in [6.45, 7) is 3.49. The molecule has 0 aromatic heterocycles. The van der Waals surface area contributed by atoms with Crippen LogP contribution in [0.25, 0.3) is 5.83 Å². The summed E-state index contributed by atoms with van der Waals surface area (Å²) in [6, 6.07) is 3.25. The summed E-state index contributed by atoms with van der Waals surface area (Å²) in [6.07, 6.45) is -9.95. The summed E-state index contributed by atoms with van der Waals surface area (Å²) in [5.74, 6) is -3.96. The van der Waals surface area contributed by atoms with Crippen molar-refractivity contribution < 1.29 is 35.5 Å². The molecule has 0 aliphatic heterocycles. The molecule has 2 rings (SSSR count). The Morgan fingerprint density at radius 3 is 2.19 bits per heavy atom. The lowest BCUT2D eigenvalue weighted by Gasteiger charge is -2.19. The molecule has 0 spiro atoms. The Bertz CT molecular complexity index is 1120. The summed E-state index contributed by atoms with van der Waals surface area (Å²) in [4.78, 5) is 12.4. The van der Waals surface area contributed by atoms with E-state index >= 15 is 0 Å². The maximum atomic E-state index is 14.9. The van der Waals surface area contributed by atoms with Crippen LogP contribution in [0.5, 0.6) is 0 Å². The first-order chi connectivity index (χ1) is 16.6. The van der Waals surface area contributed by atoms with Crippen molar-refractivity contribution in [2.45, 2.75) is 38.2 Å². The monoisotopic (exact) mass is 639 g/mol. The first-order valence-electron chi connectivity index (χ1n) is 10.2. The molecule has 1 amide bonds. The first-order valence-corrected chi connectivity index (χ1v) is 12.9. The molecule has 2 atom stereocenters. The average Bonchev–Trinajstić information content (AvgIpc) is 2.77. The van der Waals surface area contributed by atoms with Crippen LogP contribution in [0.2, 0.25) is 10.0 Å². The lowest BCUT2D eigenvalue weighted by molar-refractivity contribution is -0.140. The van der Waals surface area contributed by atoms with Crippen LogP contribution in [-0.2, 0) is 6.18 Å². The van der Waals surface area contributed by atoms with Crippen molar-refractivity contribution >= 4 is 62.6 Å². The summed E-state index contributed by atoms with van der Waals surface area (Å²) in [7, 11) is 0. The second-order valence-electron chi connectivity index (χ2n) is 7.62. The van der Waals surface area contributed by atoms with Crippen LogP contribution in [0.4, 0.5) is 30.7 Å². The van der Waals surface area contributed by atoms with E-state index in [-0.39, 0.29) is 20.6 Å². The third-order valence-corrected chi connectivity index (χ3v) is 7.88. The van der Waals surface area contributed by atoms with Crippen LogP contribution in [0, 0.1) is 0 Å². The van der Waals surface area contributed by atoms with Crippen molar-refractivity contribution in [2.24, 2.45) is 0 Å². The predicted molar refractivity (Wildman–Crippen MR) is 133 cm³/mol. The van der Waals surface area contributed by atoms with Gasteiger partial charge in [0.25, 0.3) is 5.91 Å². The number of carbonyl (C=O) groups excluding carboxylic acids is 1. The quantitative estimate of drug-likeness (QED) is 0.230. The summed E-state index contributed by atoms with van der Waals surface area (Å²) in [5, 5.41) is 2.11. The van der Waals surface area contributed by atoms with E-state index in [9.17, 15) is 35.5 Å². The minimum atomic E-state index is -5.07. The number of thioether (sulfide) groups is 1. The van der Waals surface area contributed by atoms with E-state index < -0.39 is 58.3 Å². The molecule has 0 radical (unpaired) electrons. The van der Waals surface area contributed by atoms with Crippen LogP contribution < -0.4 is 5.32 Å². The molecule has 2 aromatic carbocycles. The summed E-state index contributed by atoms with van der Waals surface area (Å²) in [5.41, 5.74) is -3.54. The Kier molecular flexibility index (Phi) is 10.6. The van der Waals surface area contributed by atoms with Crippen molar-refractivity contribution in [2.75, 3.05) is 11.5 Å². The molecule has 0 saturated heterocycles. The fourth-order valence-corrected chi connectivity index (χ4v) is 4.55. The third kappa shape index (κ3) is 8.03. The smallest absolute Gasteiger partial charge is 0.349 e. The first kappa shape index (κ1) is 30.8. The van der Waals surface area contributed by atoms with Gasteiger partial charge in [-0.3, -0.25) is 4.79 Å². The van der Waals surface area contributed by atoms with Gasteiger partial charge < -0.3 is 5.32 Å². The van der Waals surface area contributed by atoms with Crippen molar-refractivity contribution in [3.63, 3.8) is 0 Å². The van der Waals surface area contributed by atoms with Crippen molar-refractivity contribution in [3.05, 3.63) is 73.2 Å². The number of halogens is 10. The van der Waals surface area contributed by atoms with Gasteiger partial charge in [0.05, 0.1) is 25.6 Å². The largest absolute Gasteiger partial charge is 0.417 e. The lowest BCUT2D eigenvalue weighted by atomic mass is 9.95. The number of rotatable bonds is 8. The highest BCUT2D eigenvalue weighted by Gasteiger charge is 2.41. The molecule has 0 aliphatic rings. The maximum absolute atomic E-state index is 14.9. The highest BCUT2D eigenvalue weighted by Crippen LogP contribution is 2.43. The summed E-state index contributed by atoms with van der Waals surface area (Å²) < 4.78 is 97.4. The predicted octanol–water partition coefficient (Wildman–Crippen LogP) is 9.30. The van der Waals surface area contributed by atoms with Gasteiger partial charge in [0.1, 0.15) is 11.7 Å². The number of nitrogens with one attached hydrogen (secondary N) is 1. The van der Waals surface area contributed by atoms with Crippen molar-refractivity contribution in [1.29, 1.82) is 0 Å². The van der Waals surface area contributed by atoms with Gasteiger partial charge in [0.15, 0.2) is 0 Å². The molecule has 0 heterocycles. The number of allylic oxidation sites excluding steroid dienone is 1. The molecular formula is C23H19BrCl2F7NOS. The molecule has 2 aromatic rings. The van der Waals surface area contributed by atoms with Gasteiger partial charge in [0.2, 0.25) is 0 Å². The van der Waals surface area contributed by atoms with E-state index in [0.717, 1.165) is 30.0 Å². The SMILES string of the molecule is CCSC[C@@H](C)NC(=O)c1ccc(/C(F)=C/C(c2cc(Cl)c(Br)c(Cl)c2)C(F)(F)F)cc1C(F)(F)F. The number of amides is 1. The number of hydrogen-bond acceptors (Lipinski definition) is 2. The highest BCUT2D eigenvalue weighted by atomic mass is 79.9. The molecule has 0 bridgehead atoms. The minimum Gasteiger partial charge on any atom is -0.349 e. The lowest BCUT2D eigenvalue weighted by Crippen LogP contribution is -2.35. The fourth-order valence-electron chi connectivity index (χ4n) is 3.14. The topological polar surface area (TPSA) is 29.1 Å². The van der Waals surface area contributed by atoms with E-state index in [4.69, 9.17) is 23.2 Å². The second kappa shape index (κ2) is 12.4. The van der Waals surface area contributed by atoms with Gasteiger partial charge in [-0.2, -0.15) is 38.1 Å². The van der Waals surface area contributed by atoms with E-state index in [2.05, 4.69) is 21.2 Å². The van der Waals surface area contributed by atoms with Gasteiger partial charge in [0, 0.05) is 17.4 Å². The zero-order valence-electron chi connectivity index (χ0n) is 18.6. The Morgan fingerprint density at radius 1 is 1.11 bits per heavy atom. The number of alkyl halides is 6. The number of hydrogen-bond donors (Lipinski definition) is 1. The Balaban J connectivity index is 2.51. The van der Waals surface area contributed by atoms with Gasteiger partial charge in [-0.15, -0.1) is 0 Å². The van der Waals surface area contributed by atoms with Crippen LogP contribution >= 0.6 is 50.9 Å². The highest BCUT2D eigenvalue weighted by molar-refractivity contribution is 9.10. The third-order valence-electron chi connectivity index (χ3n) is 4.83. The maximum Gasteiger partial charge on any atom is 0.417 e.